The van der Waals surface area contributed by atoms with E-state index in [9.17, 15) is 4.79 Å². The number of hydrogen-bond acceptors (Lipinski definition) is 4. The van der Waals surface area contributed by atoms with Gasteiger partial charge < -0.3 is 20.1 Å². The van der Waals surface area contributed by atoms with Gasteiger partial charge in [0.2, 0.25) is 5.91 Å². The van der Waals surface area contributed by atoms with Gasteiger partial charge in [0, 0.05) is 19.6 Å². The molecule has 14 heavy (non-hydrogen) atoms. The van der Waals surface area contributed by atoms with Gasteiger partial charge in [-0.3, -0.25) is 4.79 Å². The molecule has 0 aliphatic carbocycles. The molecule has 82 valence electrons. The first-order valence-corrected chi connectivity index (χ1v) is 4.96. The zero-order valence-corrected chi connectivity index (χ0v) is 8.53. The second-order valence-corrected chi connectivity index (χ2v) is 3.34. The number of aliphatic hydroxyl groups excluding tert-OH is 1. The number of ether oxygens (including phenoxy) is 1. The van der Waals surface area contributed by atoms with Crippen molar-refractivity contribution in [3.8, 4) is 0 Å². The first kappa shape index (κ1) is 11.4. The molecule has 0 radical (unpaired) electrons. The van der Waals surface area contributed by atoms with E-state index in [0.29, 0.717) is 19.8 Å². The molecular weight excluding hydrogens is 184 g/mol. The highest BCUT2D eigenvalue weighted by Gasteiger charge is 2.23. The Morgan fingerprint density at radius 3 is 3.14 bits per heavy atom. The minimum Gasteiger partial charge on any atom is -0.394 e. The van der Waals surface area contributed by atoms with Gasteiger partial charge in [-0.25, -0.2) is 0 Å². The summed E-state index contributed by atoms with van der Waals surface area (Å²) in [4.78, 5) is 13.3. The number of aliphatic hydroxyl groups is 1. The Bertz CT molecular complexity index is 187. The number of hydrogen-bond donors (Lipinski definition) is 2. The van der Waals surface area contributed by atoms with Crippen LogP contribution in [0.1, 0.15) is 6.92 Å². The third-order valence-electron chi connectivity index (χ3n) is 2.26. The third-order valence-corrected chi connectivity index (χ3v) is 2.26. The van der Waals surface area contributed by atoms with Crippen molar-refractivity contribution in [2.45, 2.75) is 13.0 Å². The number of rotatable bonds is 5. The van der Waals surface area contributed by atoms with Crippen LogP contribution in [-0.4, -0.2) is 61.4 Å². The Kier molecular flexibility index (Phi) is 4.86. The van der Waals surface area contributed by atoms with Gasteiger partial charge in [0.15, 0.2) is 0 Å². The lowest BCUT2D eigenvalue weighted by atomic mass is 10.2. The Morgan fingerprint density at radius 1 is 1.64 bits per heavy atom. The van der Waals surface area contributed by atoms with Crippen molar-refractivity contribution in [3.05, 3.63) is 0 Å². The van der Waals surface area contributed by atoms with E-state index in [1.165, 1.54) is 0 Å². The molecule has 0 aromatic heterocycles. The minimum atomic E-state index is -0.0819. The molecule has 0 aromatic carbocycles. The van der Waals surface area contributed by atoms with Gasteiger partial charge in [0.25, 0.3) is 0 Å². The van der Waals surface area contributed by atoms with E-state index in [-0.39, 0.29) is 18.6 Å². The number of nitrogens with zero attached hydrogens (tertiary/aromatic N) is 1. The summed E-state index contributed by atoms with van der Waals surface area (Å²) in [6.45, 7) is 4.94. The summed E-state index contributed by atoms with van der Waals surface area (Å²) in [5.74, 6) is 0.129. The summed E-state index contributed by atoms with van der Waals surface area (Å²) >= 11 is 0. The lowest BCUT2D eigenvalue weighted by molar-refractivity contribution is -0.135. The molecule has 2 N–H and O–H groups in total. The summed E-state index contributed by atoms with van der Waals surface area (Å²) in [7, 11) is 0. The highest BCUT2D eigenvalue weighted by atomic mass is 16.5. The smallest absolute Gasteiger partial charge is 0.239 e. The predicted octanol–water partition coefficient (Wildman–Crippen LogP) is -1.18. The van der Waals surface area contributed by atoms with Crippen LogP contribution in [0, 0.1) is 0 Å². The van der Waals surface area contributed by atoms with Crippen LogP contribution in [0.25, 0.3) is 0 Å². The molecule has 0 spiro atoms. The molecule has 1 fully saturated rings. The minimum absolute atomic E-state index is 0.0336. The Morgan fingerprint density at radius 2 is 2.43 bits per heavy atom. The van der Waals surface area contributed by atoms with Crippen LogP contribution < -0.4 is 5.32 Å². The maximum absolute atomic E-state index is 11.5. The molecule has 0 bridgehead atoms. The van der Waals surface area contributed by atoms with Crippen LogP contribution >= 0.6 is 0 Å². The quantitative estimate of drug-likeness (QED) is 0.551. The van der Waals surface area contributed by atoms with Gasteiger partial charge in [0.05, 0.1) is 25.9 Å². The van der Waals surface area contributed by atoms with Crippen LogP contribution in [0.4, 0.5) is 0 Å². The second kappa shape index (κ2) is 5.95. The topological polar surface area (TPSA) is 61.8 Å². The summed E-state index contributed by atoms with van der Waals surface area (Å²) in [6, 6.07) is -0.0819. The number of amides is 1. The van der Waals surface area contributed by atoms with Gasteiger partial charge in [-0.15, -0.1) is 0 Å². The van der Waals surface area contributed by atoms with Gasteiger partial charge in [-0.1, -0.05) is 0 Å². The van der Waals surface area contributed by atoms with Crippen molar-refractivity contribution in [3.63, 3.8) is 0 Å². The van der Waals surface area contributed by atoms with Crippen LogP contribution in [0.15, 0.2) is 0 Å². The van der Waals surface area contributed by atoms with Crippen molar-refractivity contribution in [2.75, 3.05) is 39.5 Å². The van der Waals surface area contributed by atoms with Crippen LogP contribution in [-0.2, 0) is 9.53 Å². The Balaban J connectivity index is 2.19. The average molecular weight is 202 g/mol. The molecule has 5 heteroatoms. The van der Waals surface area contributed by atoms with Crippen LogP contribution in [0.5, 0.6) is 0 Å². The molecule has 0 saturated carbocycles. The first-order chi connectivity index (χ1) is 6.75. The molecule has 1 heterocycles. The molecule has 1 saturated heterocycles. The molecule has 1 amide bonds. The maximum Gasteiger partial charge on any atom is 0.239 e. The molecular formula is C9H18N2O3. The molecule has 1 atom stereocenters. The molecule has 1 unspecified atom stereocenters. The van der Waals surface area contributed by atoms with E-state index in [1.807, 2.05) is 6.92 Å². The maximum atomic E-state index is 11.5. The van der Waals surface area contributed by atoms with Crippen molar-refractivity contribution in [1.82, 2.24) is 10.2 Å². The van der Waals surface area contributed by atoms with E-state index in [1.54, 1.807) is 4.90 Å². The van der Waals surface area contributed by atoms with E-state index >= 15 is 0 Å². The zero-order valence-electron chi connectivity index (χ0n) is 8.53. The van der Waals surface area contributed by atoms with E-state index in [0.717, 1.165) is 13.1 Å². The fourth-order valence-corrected chi connectivity index (χ4v) is 1.45. The normalized spacial score (nSPS) is 22.9. The number of carbonyl (C=O) groups excluding carboxylic acids is 1. The summed E-state index contributed by atoms with van der Waals surface area (Å²) in [5.41, 5.74) is 0. The van der Waals surface area contributed by atoms with Gasteiger partial charge in [-0.05, 0) is 6.92 Å². The number of piperazine rings is 1. The van der Waals surface area contributed by atoms with Crippen LogP contribution in [0.2, 0.25) is 0 Å². The number of nitrogens with one attached hydrogen (secondary N) is 1. The average Bonchev–Trinajstić information content (AvgIpc) is 2.19. The monoisotopic (exact) mass is 202 g/mol. The summed E-state index contributed by atoms with van der Waals surface area (Å²) in [6.07, 6.45) is 0. The van der Waals surface area contributed by atoms with Gasteiger partial charge in [0.1, 0.15) is 0 Å². The first-order valence-electron chi connectivity index (χ1n) is 4.96. The van der Waals surface area contributed by atoms with Crippen molar-refractivity contribution in [1.29, 1.82) is 0 Å². The molecule has 1 aliphatic heterocycles. The Labute approximate surface area is 84.0 Å². The van der Waals surface area contributed by atoms with Crippen molar-refractivity contribution >= 4 is 5.91 Å². The zero-order chi connectivity index (χ0) is 10.4. The lowest BCUT2D eigenvalue weighted by Crippen LogP contribution is -2.54. The van der Waals surface area contributed by atoms with Crippen LogP contribution in [0.3, 0.4) is 0 Å². The van der Waals surface area contributed by atoms with Gasteiger partial charge >= 0.3 is 0 Å². The van der Waals surface area contributed by atoms with Crippen molar-refractivity contribution in [2.24, 2.45) is 0 Å². The van der Waals surface area contributed by atoms with Gasteiger partial charge in [-0.2, -0.15) is 0 Å². The lowest BCUT2D eigenvalue weighted by Gasteiger charge is -2.31. The molecule has 0 aromatic rings. The van der Waals surface area contributed by atoms with E-state index < -0.39 is 0 Å². The van der Waals surface area contributed by atoms with E-state index in [4.69, 9.17) is 9.84 Å². The molecule has 1 aliphatic rings. The fraction of sp³-hybridized carbons (Fsp3) is 0.889. The molecule has 5 nitrogen and oxygen atoms in total. The standard InChI is InChI=1S/C9H18N2O3/c1-8-9(13)11(3-2-10-8)4-6-14-7-5-12/h8,10,12H,2-7H2,1H3. The largest absolute Gasteiger partial charge is 0.394 e. The SMILES string of the molecule is CC1NCCN(CCOCCO)C1=O. The second-order valence-electron chi connectivity index (χ2n) is 3.34. The van der Waals surface area contributed by atoms with Crippen molar-refractivity contribution < 1.29 is 14.6 Å². The summed E-state index contributed by atoms with van der Waals surface area (Å²) < 4.78 is 5.10. The van der Waals surface area contributed by atoms with E-state index in [2.05, 4.69) is 5.32 Å². The number of carbonyl (C=O) groups is 1. The third kappa shape index (κ3) is 3.25. The fourth-order valence-electron chi connectivity index (χ4n) is 1.45. The predicted molar refractivity (Wildman–Crippen MR) is 51.9 cm³/mol. The molecule has 1 rings (SSSR count). The highest BCUT2D eigenvalue weighted by Crippen LogP contribution is 2.00. The Hall–Kier alpha value is -0.650. The highest BCUT2D eigenvalue weighted by molar-refractivity contribution is 5.82. The summed E-state index contributed by atoms with van der Waals surface area (Å²) in [5, 5.41) is 11.6.